The highest BCUT2D eigenvalue weighted by Gasteiger charge is 2.18. The van der Waals surface area contributed by atoms with E-state index in [1.165, 1.54) is 12.1 Å². The number of para-hydroxylation sites is 1. The fourth-order valence-corrected chi connectivity index (χ4v) is 3.28. The molecular weight excluding hydrogens is 347 g/mol. The number of aromatic nitrogens is 2. The molecule has 0 atom stereocenters. The summed E-state index contributed by atoms with van der Waals surface area (Å²) in [5.74, 6) is -0.740. The van der Waals surface area contributed by atoms with E-state index in [0.717, 1.165) is 43.8 Å². The van der Waals surface area contributed by atoms with E-state index in [1.54, 1.807) is 12.1 Å². The van der Waals surface area contributed by atoms with Crippen LogP contribution in [0.4, 0.5) is 10.1 Å². The van der Waals surface area contributed by atoms with Gasteiger partial charge in [0.1, 0.15) is 5.82 Å². The number of morpholine rings is 1. The van der Waals surface area contributed by atoms with Gasteiger partial charge in [-0.2, -0.15) is 5.10 Å². The number of carbonyl (C=O) groups is 1. The number of carbonyl (C=O) groups excluding carboxylic acids is 1. The van der Waals surface area contributed by atoms with E-state index >= 15 is 0 Å². The van der Waals surface area contributed by atoms with Crippen molar-refractivity contribution in [1.82, 2.24) is 14.7 Å². The number of nitrogens with zero attached hydrogens (tertiary/aromatic N) is 3. The minimum absolute atomic E-state index is 0.344. The summed E-state index contributed by atoms with van der Waals surface area (Å²) >= 11 is 0. The van der Waals surface area contributed by atoms with Crippen LogP contribution in [0.1, 0.15) is 10.5 Å². The molecule has 27 heavy (non-hydrogen) atoms. The van der Waals surface area contributed by atoms with E-state index < -0.39 is 5.82 Å². The largest absolute Gasteiger partial charge is 0.379 e. The topological polar surface area (TPSA) is 59.4 Å². The fourth-order valence-electron chi connectivity index (χ4n) is 3.28. The predicted molar refractivity (Wildman–Crippen MR) is 101 cm³/mol. The van der Waals surface area contributed by atoms with Gasteiger partial charge in [0.15, 0.2) is 5.69 Å². The zero-order valence-electron chi connectivity index (χ0n) is 14.9. The van der Waals surface area contributed by atoms with Crippen LogP contribution in [0.15, 0.2) is 48.5 Å². The number of fused-ring (bicyclic) bond motifs is 1. The average Bonchev–Trinajstić information content (AvgIpc) is 3.06. The van der Waals surface area contributed by atoms with E-state index in [-0.39, 0.29) is 5.91 Å². The second-order valence-electron chi connectivity index (χ2n) is 6.51. The van der Waals surface area contributed by atoms with Crippen molar-refractivity contribution in [3.63, 3.8) is 0 Å². The van der Waals surface area contributed by atoms with Crippen LogP contribution in [0.3, 0.4) is 0 Å². The fraction of sp³-hybridized carbons (Fsp3) is 0.300. The predicted octanol–water partition coefficient (Wildman–Crippen LogP) is 2.76. The van der Waals surface area contributed by atoms with Gasteiger partial charge in [0.2, 0.25) is 0 Å². The summed E-state index contributed by atoms with van der Waals surface area (Å²) in [5, 5.41) is 8.06. The standard InChI is InChI=1S/C20H21FN4O2/c21-15-4-3-5-16(14-15)22-20(26)19-17-6-1-2-7-18(17)25(23-19)9-8-24-10-12-27-13-11-24/h1-7,14H,8-13H2,(H,22,26). The van der Waals surface area contributed by atoms with Crippen LogP contribution in [0.25, 0.3) is 10.9 Å². The molecule has 1 N–H and O–H groups in total. The van der Waals surface area contributed by atoms with Crippen molar-refractivity contribution >= 4 is 22.5 Å². The normalized spacial score (nSPS) is 15.1. The Morgan fingerprint density at radius 1 is 1.11 bits per heavy atom. The molecule has 2 aromatic carbocycles. The van der Waals surface area contributed by atoms with Gasteiger partial charge in [0, 0.05) is 30.7 Å². The van der Waals surface area contributed by atoms with Gasteiger partial charge < -0.3 is 10.1 Å². The van der Waals surface area contributed by atoms with E-state index in [4.69, 9.17) is 4.74 Å². The summed E-state index contributed by atoms with van der Waals surface area (Å²) in [6.07, 6.45) is 0. The molecule has 1 aliphatic rings. The first-order chi connectivity index (χ1) is 13.2. The van der Waals surface area contributed by atoms with Gasteiger partial charge in [-0.15, -0.1) is 0 Å². The maximum atomic E-state index is 13.4. The Hall–Kier alpha value is -2.77. The first kappa shape index (κ1) is 17.6. The highest BCUT2D eigenvalue weighted by Crippen LogP contribution is 2.20. The van der Waals surface area contributed by atoms with Crippen LogP contribution >= 0.6 is 0 Å². The smallest absolute Gasteiger partial charge is 0.276 e. The molecule has 140 valence electrons. The Labute approximate surface area is 156 Å². The van der Waals surface area contributed by atoms with Crippen LogP contribution < -0.4 is 5.32 Å². The van der Waals surface area contributed by atoms with E-state index in [9.17, 15) is 9.18 Å². The summed E-state index contributed by atoms with van der Waals surface area (Å²) in [4.78, 5) is 15.0. The number of ether oxygens (including phenoxy) is 1. The summed E-state index contributed by atoms with van der Waals surface area (Å²) in [7, 11) is 0. The highest BCUT2D eigenvalue weighted by atomic mass is 19.1. The number of hydrogen-bond donors (Lipinski definition) is 1. The van der Waals surface area contributed by atoms with Crippen LogP contribution in [0, 0.1) is 5.82 Å². The summed E-state index contributed by atoms with van der Waals surface area (Å²) in [6, 6.07) is 13.5. The SMILES string of the molecule is O=C(Nc1cccc(F)c1)c1nn(CCN2CCOCC2)c2ccccc12. The Morgan fingerprint density at radius 3 is 2.74 bits per heavy atom. The van der Waals surface area contributed by atoms with Crippen LogP contribution in [0.5, 0.6) is 0 Å². The maximum Gasteiger partial charge on any atom is 0.276 e. The van der Waals surface area contributed by atoms with Gasteiger partial charge in [0.05, 0.1) is 25.3 Å². The molecule has 3 aromatic rings. The lowest BCUT2D eigenvalue weighted by atomic mass is 10.2. The number of nitrogens with one attached hydrogen (secondary N) is 1. The summed E-state index contributed by atoms with van der Waals surface area (Å²) in [5.41, 5.74) is 1.67. The molecule has 6 nitrogen and oxygen atoms in total. The number of anilines is 1. The summed E-state index contributed by atoms with van der Waals surface area (Å²) < 4.78 is 20.6. The van der Waals surface area contributed by atoms with Gasteiger partial charge >= 0.3 is 0 Å². The first-order valence-electron chi connectivity index (χ1n) is 9.03. The van der Waals surface area contributed by atoms with Gasteiger partial charge in [-0.3, -0.25) is 14.4 Å². The van der Waals surface area contributed by atoms with Gasteiger partial charge in [-0.05, 0) is 24.3 Å². The molecule has 1 saturated heterocycles. The lowest BCUT2D eigenvalue weighted by Gasteiger charge is -2.26. The molecule has 0 saturated carbocycles. The maximum absolute atomic E-state index is 13.4. The molecule has 0 radical (unpaired) electrons. The van der Waals surface area contributed by atoms with Crippen molar-refractivity contribution in [3.05, 3.63) is 60.0 Å². The molecule has 1 amide bonds. The number of benzene rings is 2. The molecule has 4 rings (SSSR count). The van der Waals surface area contributed by atoms with Gasteiger partial charge in [-0.1, -0.05) is 24.3 Å². The summed E-state index contributed by atoms with van der Waals surface area (Å²) in [6.45, 7) is 4.86. The number of halogens is 1. The van der Waals surface area contributed by atoms with E-state index in [2.05, 4.69) is 15.3 Å². The van der Waals surface area contributed by atoms with E-state index in [1.807, 2.05) is 28.9 Å². The van der Waals surface area contributed by atoms with Gasteiger partial charge in [-0.25, -0.2) is 4.39 Å². The van der Waals surface area contributed by atoms with Crippen LogP contribution in [-0.4, -0.2) is 53.4 Å². The number of hydrogen-bond acceptors (Lipinski definition) is 4. The van der Waals surface area contributed by atoms with Crippen LogP contribution in [0.2, 0.25) is 0 Å². The second-order valence-corrected chi connectivity index (χ2v) is 6.51. The lowest BCUT2D eigenvalue weighted by molar-refractivity contribution is 0.0361. The first-order valence-corrected chi connectivity index (χ1v) is 9.03. The Bertz CT molecular complexity index is 950. The lowest BCUT2D eigenvalue weighted by Crippen LogP contribution is -2.38. The average molecular weight is 368 g/mol. The monoisotopic (exact) mass is 368 g/mol. The third-order valence-corrected chi connectivity index (χ3v) is 4.69. The quantitative estimate of drug-likeness (QED) is 0.752. The molecule has 1 fully saturated rings. The van der Waals surface area contributed by atoms with Crippen molar-refractivity contribution in [2.24, 2.45) is 0 Å². The molecule has 2 heterocycles. The zero-order valence-corrected chi connectivity index (χ0v) is 14.9. The molecule has 0 aliphatic carbocycles. The second kappa shape index (κ2) is 7.85. The minimum atomic E-state index is -0.395. The Morgan fingerprint density at radius 2 is 1.93 bits per heavy atom. The van der Waals surface area contributed by atoms with Crippen molar-refractivity contribution in [1.29, 1.82) is 0 Å². The molecule has 1 aliphatic heterocycles. The zero-order chi connectivity index (χ0) is 18.6. The van der Waals surface area contributed by atoms with Crippen molar-refractivity contribution in [3.8, 4) is 0 Å². The van der Waals surface area contributed by atoms with Crippen LogP contribution in [-0.2, 0) is 11.3 Å². The van der Waals surface area contributed by atoms with Gasteiger partial charge in [0.25, 0.3) is 5.91 Å². The van der Waals surface area contributed by atoms with Crippen molar-refractivity contribution in [2.75, 3.05) is 38.2 Å². The highest BCUT2D eigenvalue weighted by molar-refractivity contribution is 6.11. The van der Waals surface area contributed by atoms with Crippen molar-refractivity contribution in [2.45, 2.75) is 6.54 Å². The molecule has 0 unspecified atom stereocenters. The third-order valence-electron chi connectivity index (χ3n) is 4.69. The molecule has 7 heteroatoms. The van der Waals surface area contributed by atoms with Crippen molar-refractivity contribution < 1.29 is 13.9 Å². The Kier molecular flexibility index (Phi) is 5.13. The molecule has 0 bridgehead atoms. The minimum Gasteiger partial charge on any atom is -0.379 e. The molecule has 1 aromatic heterocycles. The van der Waals surface area contributed by atoms with E-state index in [0.29, 0.717) is 17.9 Å². The number of amides is 1. The molecule has 0 spiro atoms. The Balaban J connectivity index is 1.56. The number of rotatable bonds is 5. The molecular formula is C20H21FN4O2. The third kappa shape index (κ3) is 3.99.